The zero-order valence-electron chi connectivity index (χ0n) is 10.1. The van der Waals surface area contributed by atoms with Crippen LogP contribution in [-0.4, -0.2) is 36.6 Å². The quantitative estimate of drug-likeness (QED) is 0.671. The average Bonchev–Trinajstić information content (AvgIpc) is 2.34. The van der Waals surface area contributed by atoms with Gasteiger partial charge in [-0.3, -0.25) is 9.59 Å². The van der Waals surface area contributed by atoms with Crippen molar-refractivity contribution in [3.63, 3.8) is 0 Å². The lowest BCUT2D eigenvalue weighted by molar-refractivity contribution is -0.140. The molecule has 0 aliphatic carbocycles. The largest absolute Gasteiger partial charge is 0.481 e. The monoisotopic (exact) mass is 305 g/mol. The second-order valence-corrected chi connectivity index (χ2v) is 5.56. The summed E-state index contributed by atoms with van der Waals surface area (Å²) < 4.78 is 38.9. The molecule has 0 radical (unpaired) electrons. The molecule has 9 heteroatoms. The highest BCUT2D eigenvalue weighted by Crippen LogP contribution is 2.14. The van der Waals surface area contributed by atoms with Gasteiger partial charge in [-0.25, -0.2) is 12.8 Å². The molecule has 0 aliphatic rings. The van der Waals surface area contributed by atoms with Gasteiger partial charge in [-0.2, -0.15) is 4.72 Å². The first-order chi connectivity index (χ1) is 9.24. The summed E-state index contributed by atoms with van der Waals surface area (Å²) in [5.74, 6) is -3.82. The Balaban J connectivity index is 2.95. The lowest BCUT2D eigenvalue weighted by Crippen LogP contribution is -2.41. The van der Waals surface area contributed by atoms with Crippen molar-refractivity contribution in [3.05, 3.63) is 30.1 Å². The normalized spacial score (nSPS) is 12.8. The van der Waals surface area contributed by atoms with E-state index in [4.69, 9.17) is 10.2 Å². The Morgan fingerprint density at radius 3 is 2.35 bits per heavy atom. The summed E-state index contributed by atoms with van der Waals surface area (Å²) in [6.45, 7) is 0. The maximum Gasteiger partial charge on any atom is 0.321 e. The van der Waals surface area contributed by atoms with Crippen molar-refractivity contribution in [1.29, 1.82) is 0 Å². The van der Waals surface area contributed by atoms with E-state index >= 15 is 0 Å². The van der Waals surface area contributed by atoms with E-state index in [-0.39, 0.29) is 0 Å². The van der Waals surface area contributed by atoms with Gasteiger partial charge in [0, 0.05) is 6.42 Å². The van der Waals surface area contributed by atoms with Crippen molar-refractivity contribution in [2.45, 2.75) is 23.8 Å². The topological polar surface area (TPSA) is 121 Å². The number of aliphatic carboxylic acids is 2. The van der Waals surface area contributed by atoms with E-state index < -0.39 is 51.6 Å². The van der Waals surface area contributed by atoms with Crippen molar-refractivity contribution >= 4 is 22.0 Å². The minimum absolute atomic E-state index is 0.446. The summed E-state index contributed by atoms with van der Waals surface area (Å²) in [7, 11) is -4.38. The molecule has 0 saturated carbocycles. The molecule has 7 nitrogen and oxygen atoms in total. The summed E-state index contributed by atoms with van der Waals surface area (Å²) in [4.78, 5) is 20.6. The second-order valence-electron chi connectivity index (χ2n) is 3.87. The number of nitrogens with one attached hydrogen (secondary N) is 1. The predicted molar refractivity (Wildman–Crippen MR) is 65.0 cm³/mol. The molecule has 0 spiro atoms. The Labute approximate surface area is 114 Å². The van der Waals surface area contributed by atoms with Crippen LogP contribution in [0.4, 0.5) is 4.39 Å². The Morgan fingerprint density at radius 2 is 1.85 bits per heavy atom. The van der Waals surface area contributed by atoms with Gasteiger partial charge in [0.1, 0.15) is 16.8 Å². The first-order valence-electron chi connectivity index (χ1n) is 5.45. The van der Waals surface area contributed by atoms with Gasteiger partial charge in [0.05, 0.1) is 0 Å². The van der Waals surface area contributed by atoms with Gasteiger partial charge in [0.15, 0.2) is 0 Å². The Kier molecular flexibility index (Phi) is 5.17. The Bertz CT molecular complexity index is 615. The number of halogens is 1. The summed E-state index contributed by atoms with van der Waals surface area (Å²) in [6, 6.07) is 2.82. The lowest BCUT2D eigenvalue weighted by atomic mass is 10.2. The number of rotatable bonds is 7. The van der Waals surface area contributed by atoms with Crippen LogP contribution in [0.5, 0.6) is 0 Å². The number of hydrogen-bond acceptors (Lipinski definition) is 4. The van der Waals surface area contributed by atoms with Crippen LogP contribution in [0.2, 0.25) is 0 Å². The van der Waals surface area contributed by atoms with Crippen LogP contribution in [0.15, 0.2) is 29.2 Å². The Morgan fingerprint density at radius 1 is 1.25 bits per heavy atom. The molecule has 20 heavy (non-hydrogen) atoms. The third-order valence-corrected chi connectivity index (χ3v) is 3.87. The fourth-order valence-electron chi connectivity index (χ4n) is 1.41. The number of carboxylic acids is 2. The molecule has 0 aliphatic heterocycles. The van der Waals surface area contributed by atoms with Crippen molar-refractivity contribution in [2.75, 3.05) is 0 Å². The van der Waals surface area contributed by atoms with E-state index in [1.54, 1.807) is 4.72 Å². The Hall–Kier alpha value is -2.00. The van der Waals surface area contributed by atoms with Crippen LogP contribution in [0, 0.1) is 5.82 Å². The maximum absolute atomic E-state index is 13.4. The average molecular weight is 305 g/mol. The molecule has 0 unspecified atom stereocenters. The van der Waals surface area contributed by atoms with Crippen molar-refractivity contribution in [3.8, 4) is 0 Å². The number of benzene rings is 1. The molecule has 1 aromatic carbocycles. The van der Waals surface area contributed by atoms with Gasteiger partial charge in [0.2, 0.25) is 10.0 Å². The zero-order chi connectivity index (χ0) is 15.3. The van der Waals surface area contributed by atoms with Gasteiger partial charge in [-0.05, 0) is 18.6 Å². The van der Waals surface area contributed by atoms with E-state index in [9.17, 15) is 22.4 Å². The van der Waals surface area contributed by atoms with Crippen LogP contribution in [0.25, 0.3) is 0 Å². The van der Waals surface area contributed by atoms with Gasteiger partial charge in [0.25, 0.3) is 0 Å². The molecule has 1 rings (SSSR count). The van der Waals surface area contributed by atoms with Crippen LogP contribution in [0.3, 0.4) is 0 Å². The predicted octanol–water partition coefficient (Wildman–Crippen LogP) is 0.422. The molecule has 0 aromatic heterocycles. The molecule has 0 bridgehead atoms. The minimum Gasteiger partial charge on any atom is -0.481 e. The SMILES string of the molecule is O=C(O)CC[C@H](NS(=O)(=O)c1ccccc1F)C(=O)O. The van der Waals surface area contributed by atoms with Crippen LogP contribution in [-0.2, 0) is 19.6 Å². The van der Waals surface area contributed by atoms with Crippen LogP contribution in [0.1, 0.15) is 12.8 Å². The second kappa shape index (κ2) is 6.44. The van der Waals surface area contributed by atoms with E-state index in [1.807, 2.05) is 0 Å². The molecule has 1 atom stereocenters. The highest BCUT2D eigenvalue weighted by Gasteiger charge is 2.27. The van der Waals surface area contributed by atoms with E-state index in [1.165, 1.54) is 12.1 Å². The van der Waals surface area contributed by atoms with Crippen molar-refractivity contribution in [1.82, 2.24) is 4.72 Å². The van der Waals surface area contributed by atoms with Gasteiger partial charge >= 0.3 is 11.9 Å². The molecule has 3 N–H and O–H groups in total. The number of sulfonamides is 1. The third-order valence-electron chi connectivity index (χ3n) is 2.37. The van der Waals surface area contributed by atoms with Gasteiger partial charge in [-0.1, -0.05) is 12.1 Å². The van der Waals surface area contributed by atoms with E-state index in [2.05, 4.69) is 0 Å². The molecular weight excluding hydrogens is 293 g/mol. The fourth-order valence-corrected chi connectivity index (χ4v) is 2.72. The summed E-state index contributed by atoms with van der Waals surface area (Å²) in [5, 5.41) is 17.3. The van der Waals surface area contributed by atoms with Crippen LogP contribution < -0.4 is 4.72 Å². The van der Waals surface area contributed by atoms with Crippen molar-refractivity contribution in [2.24, 2.45) is 0 Å². The van der Waals surface area contributed by atoms with Gasteiger partial charge in [-0.15, -0.1) is 0 Å². The summed E-state index contributed by atoms with van der Waals surface area (Å²) >= 11 is 0. The molecule has 0 amide bonds. The number of carboxylic acid groups (broad SMARTS) is 2. The molecule has 1 aromatic rings. The molecule has 0 saturated heterocycles. The first-order valence-corrected chi connectivity index (χ1v) is 6.94. The minimum atomic E-state index is -4.38. The standard InChI is InChI=1S/C11H12FNO6S/c12-7-3-1-2-4-9(7)20(18,19)13-8(11(16)17)5-6-10(14)15/h1-4,8,13H,5-6H2,(H,14,15)(H,16,17)/t8-/m0/s1. The molecule has 0 heterocycles. The highest BCUT2D eigenvalue weighted by molar-refractivity contribution is 7.89. The van der Waals surface area contributed by atoms with Crippen LogP contribution >= 0.6 is 0 Å². The molecule has 0 fully saturated rings. The smallest absolute Gasteiger partial charge is 0.321 e. The van der Waals surface area contributed by atoms with Crippen molar-refractivity contribution < 1.29 is 32.6 Å². The van der Waals surface area contributed by atoms with E-state index in [0.717, 1.165) is 12.1 Å². The highest BCUT2D eigenvalue weighted by atomic mass is 32.2. The number of carbonyl (C=O) groups is 2. The lowest BCUT2D eigenvalue weighted by Gasteiger charge is -2.14. The first kappa shape index (κ1) is 16.1. The maximum atomic E-state index is 13.4. The van der Waals surface area contributed by atoms with Gasteiger partial charge < -0.3 is 10.2 Å². The number of hydrogen-bond donors (Lipinski definition) is 3. The summed E-state index contributed by atoms with van der Waals surface area (Å²) in [6.07, 6.45) is -0.977. The summed E-state index contributed by atoms with van der Waals surface area (Å²) in [5.41, 5.74) is 0. The van der Waals surface area contributed by atoms with E-state index in [0.29, 0.717) is 0 Å². The third kappa shape index (κ3) is 4.28. The zero-order valence-corrected chi connectivity index (χ0v) is 10.9. The molecule has 110 valence electrons. The fraction of sp³-hybridized carbons (Fsp3) is 0.273. The molecular formula is C11H12FNO6S.